The van der Waals surface area contributed by atoms with E-state index in [4.69, 9.17) is 0 Å². The van der Waals surface area contributed by atoms with Crippen molar-refractivity contribution in [3.05, 3.63) is 0 Å². The minimum atomic E-state index is 0. The zero-order valence-electron chi connectivity index (χ0n) is 3.15. The molecule has 0 unspecified atom stereocenters. The second kappa shape index (κ2) is 31.0. The van der Waals surface area contributed by atoms with Gasteiger partial charge < -0.3 is 7.07 Å². The fourth-order valence-corrected chi connectivity index (χ4v) is 0. The van der Waals surface area contributed by atoms with Gasteiger partial charge >= 0.3 is 18.9 Å². The summed E-state index contributed by atoms with van der Waals surface area (Å²) in [4.78, 5) is 0. The predicted molar refractivity (Wildman–Crippen MR) is 21.0 cm³/mol. The molecule has 0 spiro atoms. The van der Waals surface area contributed by atoms with Crippen molar-refractivity contribution in [3.8, 4) is 0 Å². The van der Waals surface area contributed by atoms with E-state index in [9.17, 15) is 0 Å². The Labute approximate surface area is 51.5 Å². The van der Waals surface area contributed by atoms with Crippen LogP contribution in [0.5, 0.6) is 0 Å². The molecule has 0 aromatic heterocycles. The molecule has 18 valence electrons. The van der Waals surface area contributed by atoms with E-state index in [1.54, 1.807) is 0 Å². The molecule has 0 aliphatic carbocycles. The molecule has 0 atom stereocenters. The molecule has 0 aliphatic rings. The minimum absolute atomic E-state index is 0. The van der Waals surface area contributed by atoms with Gasteiger partial charge in [0.25, 0.3) is 0 Å². The Balaban J connectivity index is -0.00000000167. The third kappa shape index (κ3) is 11.0. The van der Waals surface area contributed by atoms with E-state index in [1.807, 2.05) is 0 Å². The number of rotatable bonds is 0. The van der Waals surface area contributed by atoms with Crippen LogP contribution >= 0.6 is 0 Å². The smallest absolute Gasteiger partial charge is 1.00 e. The van der Waals surface area contributed by atoms with Gasteiger partial charge in [0.2, 0.25) is 0 Å². The largest absolute Gasteiger partial charge is 1.00 e. The van der Waals surface area contributed by atoms with E-state index < -0.39 is 0 Å². The summed E-state index contributed by atoms with van der Waals surface area (Å²) >= 11 is 0. The Bertz CT molecular complexity index is 11.6. The zero-order valence-corrected chi connectivity index (χ0v) is 2.15. The van der Waals surface area contributed by atoms with Crippen molar-refractivity contribution >= 4 is 25.3 Å². The second-order valence-corrected chi connectivity index (χ2v) is 0. The van der Waals surface area contributed by atoms with Crippen molar-refractivity contribution in [2.75, 3.05) is 0 Å². The summed E-state index contributed by atoms with van der Waals surface area (Å²) in [5.74, 6) is 0. The summed E-state index contributed by atoms with van der Waals surface area (Å²) in [7, 11) is 4.00. The molecule has 0 aromatic carbocycles. The number of hydrogen-bond acceptors (Lipinski definition) is 1. The predicted octanol–water partition coefficient (Wildman–Crippen LogP) is -5.04. The van der Waals surface area contributed by atoms with Crippen molar-refractivity contribution in [2.45, 2.75) is 0 Å². The number of hydrogen-bond donors (Lipinski definition) is 1. The van der Waals surface area contributed by atoms with Crippen LogP contribution in [0.25, 0.3) is 0 Å². The van der Waals surface area contributed by atoms with Gasteiger partial charge in [-0.3, -0.25) is 0 Å². The molecule has 4 heteroatoms. The van der Waals surface area contributed by atoms with Crippen LogP contribution in [-0.2, 0) is 0 Å². The molecular formula is H6AlBLiN. The average Bonchev–Trinajstić information content (AvgIpc) is 1.00. The zero-order chi connectivity index (χ0) is 2.00. The van der Waals surface area contributed by atoms with Crippen molar-refractivity contribution in [1.29, 1.82) is 0 Å². The van der Waals surface area contributed by atoms with Gasteiger partial charge in [-0.1, -0.05) is 0 Å². The van der Waals surface area contributed by atoms with Crippen molar-refractivity contribution in [1.82, 2.24) is 0 Å². The minimum Gasteiger partial charge on any atom is -1.00 e. The normalized spacial score (nSPS) is 1.25. The van der Waals surface area contributed by atoms with Crippen molar-refractivity contribution < 1.29 is 20.3 Å². The standard InChI is InChI=1S/Al.BH2N.Li.4H/c;1-2;;;;;/h;2H2;;;;;/q;;+1;;;;-1. The topological polar surface area (TPSA) is 26.0 Å². The summed E-state index contributed by atoms with van der Waals surface area (Å²) in [5, 5.41) is 0. The van der Waals surface area contributed by atoms with E-state index in [0.29, 0.717) is 0 Å². The summed E-state index contributed by atoms with van der Waals surface area (Å²) in [6, 6.07) is 0. The summed E-state index contributed by atoms with van der Waals surface area (Å²) in [5.41, 5.74) is 4.00. The first-order valence-electron chi connectivity index (χ1n) is 0.333. The van der Waals surface area contributed by atoms with E-state index in [2.05, 4.69) is 13.6 Å². The van der Waals surface area contributed by atoms with E-state index in [-0.39, 0.29) is 37.6 Å². The first-order chi connectivity index (χ1) is 1.00. The van der Waals surface area contributed by atoms with Gasteiger partial charge in [0.15, 0.2) is 25.3 Å². The monoisotopic (exact) mass is 65.1 g/mol. The Hall–Kier alpha value is 1.15. The summed E-state index contributed by atoms with van der Waals surface area (Å²) in [6.45, 7) is 0. The molecule has 0 saturated heterocycles. The van der Waals surface area contributed by atoms with Crippen LogP contribution in [0.15, 0.2) is 0 Å². The first-order valence-corrected chi connectivity index (χ1v) is 0.333. The molecule has 0 bridgehead atoms. The molecule has 0 fully saturated rings. The first kappa shape index (κ1) is 19.2. The summed E-state index contributed by atoms with van der Waals surface area (Å²) in [6.07, 6.45) is 0. The van der Waals surface area contributed by atoms with Crippen LogP contribution < -0.4 is 24.5 Å². The Morgan fingerprint density at radius 2 is 1.50 bits per heavy atom. The average molecular weight is 64.8 g/mol. The van der Waals surface area contributed by atoms with Crippen molar-refractivity contribution in [2.24, 2.45) is 5.64 Å². The SMILES string of the molecule is [AlH3].[B]N.[H-].[Li+]. The molecule has 0 saturated carbocycles. The number of nitrogens with two attached hydrogens (primary N) is 1. The van der Waals surface area contributed by atoms with Crippen LogP contribution in [0, 0.1) is 0 Å². The third-order valence-electron chi connectivity index (χ3n) is 0. The van der Waals surface area contributed by atoms with E-state index >= 15 is 0 Å². The van der Waals surface area contributed by atoms with Crippen LogP contribution in [0.2, 0.25) is 0 Å². The van der Waals surface area contributed by atoms with Crippen molar-refractivity contribution in [3.63, 3.8) is 0 Å². The summed E-state index contributed by atoms with van der Waals surface area (Å²) < 4.78 is 0. The molecular weight excluding hydrogens is 58.7 g/mol. The van der Waals surface area contributed by atoms with Crippen LogP contribution in [0.4, 0.5) is 0 Å². The van der Waals surface area contributed by atoms with E-state index in [0.717, 1.165) is 0 Å². The Morgan fingerprint density at radius 1 is 1.50 bits per heavy atom. The maximum atomic E-state index is 4.00. The molecule has 0 aliphatic heterocycles. The maximum Gasteiger partial charge on any atom is 1.00 e. The quantitative estimate of drug-likeness (QED) is 0.281. The fourth-order valence-electron chi connectivity index (χ4n) is 0. The third-order valence-corrected chi connectivity index (χ3v) is 0. The van der Waals surface area contributed by atoms with Gasteiger partial charge in [0.1, 0.15) is 0 Å². The molecule has 4 heavy (non-hydrogen) atoms. The molecule has 1 nitrogen and oxygen atoms in total. The second-order valence-electron chi connectivity index (χ2n) is 0. The van der Waals surface area contributed by atoms with Gasteiger partial charge in [-0.15, -0.1) is 0 Å². The fraction of sp³-hybridized carbons (Fsp3) is 0. The molecule has 0 heterocycles. The van der Waals surface area contributed by atoms with Gasteiger partial charge in [-0.05, 0) is 0 Å². The molecule has 2 N–H and O–H groups in total. The van der Waals surface area contributed by atoms with Crippen LogP contribution in [-0.4, -0.2) is 25.3 Å². The molecule has 0 rings (SSSR count). The molecule has 2 radical (unpaired) electrons. The van der Waals surface area contributed by atoms with Gasteiger partial charge in [0, 0.05) is 0 Å². The Morgan fingerprint density at radius 3 is 1.50 bits per heavy atom. The van der Waals surface area contributed by atoms with Crippen LogP contribution in [0.1, 0.15) is 1.43 Å². The van der Waals surface area contributed by atoms with Crippen LogP contribution in [0.3, 0.4) is 0 Å². The molecule has 0 aromatic rings. The van der Waals surface area contributed by atoms with E-state index in [1.165, 1.54) is 0 Å². The maximum absolute atomic E-state index is 4.00. The van der Waals surface area contributed by atoms with Gasteiger partial charge in [-0.2, -0.15) is 0 Å². The molecule has 0 amide bonds. The van der Waals surface area contributed by atoms with Gasteiger partial charge in [-0.25, -0.2) is 0 Å². The Kier molecular flexibility index (Phi) is 149. The van der Waals surface area contributed by atoms with Gasteiger partial charge in [0.05, 0.1) is 0 Å².